The fourth-order valence-electron chi connectivity index (χ4n) is 2.00. The molecule has 1 amide bonds. The summed E-state index contributed by atoms with van der Waals surface area (Å²) in [4.78, 5) is 11.4. The molecule has 0 radical (unpaired) electrons. The monoisotopic (exact) mass is 334 g/mol. The molecular formula is C14H15BN2O5S. The molecule has 0 saturated heterocycles. The van der Waals surface area contributed by atoms with E-state index >= 15 is 0 Å². The van der Waals surface area contributed by atoms with Crippen molar-refractivity contribution in [3.8, 4) is 0 Å². The third-order valence-electron chi connectivity index (χ3n) is 3.29. The van der Waals surface area contributed by atoms with Crippen LogP contribution in [-0.2, 0) is 10.0 Å². The Labute approximate surface area is 134 Å². The summed E-state index contributed by atoms with van der Waals surface area (Å²) in [5.74, 6) is -0.806. The average molecular weight is 334 g/mol. The highest BCUT2D eigenvalue weighted by molar-refractivity contribution is 7.92. The molecule has 23 heavy (non-hydrogen) atoms. The third-order valence-corrected chi connectivity index (χ3v) is 5.09. The van der Waals surface area contributed by atoms with E-state index < -0.39 is 23.0 Å². The van der Waals surface area contributed by atoms with Gasteiger partial charge in [-0.1, -0.05) is 18.2 Å². The van der Waals surface area contributed by atoms with E-state index in [0.717, 1.165) is 4.31 Å². The fourth-order valence-corrected chi connectivity index (χ4v) is 3.20. The van der Waals surface area contributed by atoms with Crippen LogP contribution in [0, 0.1) is 0 Å². The highest BCUT2D eigenvalue weighted by Gasteiger charge is 2.23. The molecule has 0 unspecified atom stereocenters. The van der Waals surface area contributed by atoms with Gasteiger partial charge in [-0.05, 0) is 35.8 Å². The second-order valence-electron chi connectivity index (χ2n) is 4.84. The van der Waals surface area contributed by atoms with Crippen LogP contribution in [0.4, 0.5) is 5.69 Å². The summed E-state index contributed by atoms with van der Waals surface area (Å²) in [6.45, 7) is 0. The number of carbonyl (C=O) groups is 1. The first-order valence-corrected chi connectivity index (χ1v) is 8.02. The van der Waals surface area contributed by atoms with Crippen LogP contribution in [0.2, 0.25) is 0 Å². The Morgan fingerprint density at radius 1 is 1.13 bits per heavy atom. The second-order valence-corrected chi connectivity index (χ2v) is 6.81. The molecule has 2 aromatic rings. The Morgan fingerprint density at radius 3 is 2.26 bits per heavy atom. The predicted molar refractivity (Wildman–Crippen MR) is 86.8 cm³/mol. The Kier molecular flexibility index (Phi) is 4.74. The largest absolute Gasteiger partial charge is 0.488 e. The van der Waals surface area contributed by atoms with Gasteiger partial charge in [-0.2, -0.15) is 0 Å². The number of primary amides is 1. The number of sulfonamides is 1. The Hall–Kier alpha value is -2.36. The summed E-state index contributed by atoms with van der Waals surface area (Å²) >= 11 is 0. The number of carbonyl (C=O) groups excluding carboxylic acids is 1. The lowest BCUT2D eigenvalue weighted by Gasteiger charge is -2.21. The molecule has 0 aliphatic carbocycles. The van der Waals surface area contributed by atoms with Gasteiger partial charge in [-0.25, -0.2) is 8.42 Å². The molecule has 0 bridgehead atoms. The van der Waals surface area contributed by atoms with Crippen molar-refractivity contribution in [2.75, 3.05) is 11.4 Å². The van der Waals surface area contributed by atoms with Crippen molar-refractivity contribution in [1.82, 2.24) is 0 Å². The molecule has 0 aliphatic rings. The van der Waals surface area contributed by atoms with Crippen LogP contribution >= 0.6 is 0 Å². The zero-order valence-corrected chi connectivity index (χ0v) is 13.1. The number of nitrogens with two attached hydrogens (primary N) is 1. The van der Waals surface area contributed by atoms with Gasteiger partial charge >= 0.3 is 7.12 Å². The van der Waals surface area contributed by atoms with Gasteiger partial charge in [-0.15, -0.1) is 0 Å². The van der Waals surface area contributed by atoms with Crippen LogP contribution in [0.3, 0.4) is 0 Å². The molecule has 2 rings (SSSR count). The van der Waals surface area contributed by atoms with Crippen molar-refractivity contribution in [3.63, 3.8) is 0 Å². The van der Waals surface area contributed by atoms with Crippen molar-refractivity contribution >= 4 is 34.2 Å². The number of nitrogens with zero attached hydrogens (tertiary/aromatic N) is 1. The number of amides is 1. The summed E-state index contributed by atoms with van der Waals surface area (Å²) in [6.07, 6.45) is 0. The van der Waals surface area contributed by atoms with Gasteiger partial charge < -0.3 is 15.8 Å². The summed E-state index contributed by atoms with van der Waals surface area (Å²) < 4.78 is 26.1. The van der Waals surface area contributed by atoms with Crippen molar-refractivity contribution in [3.05, 3.63) is 54.1 Å². The van der Waals surface area contributed by atoms with E-state index in [1.165, 1.54) is 37.4 Å². The maximum absolute atomic E-state index is 12.6. The van der Waals surface area contributed by atoms with Crippen LogP contribution < -0.4 is 15.5 Å². The molecule has 2 aromatic carbocycles. The molecule has 0 heterocycles. The number of rotatable bonds is 5. The molecule has 0 spiro atoms. The molecule has 7 nitrogen and oxygen atoms in total. The zero-order chi connectivity index (χ0) is 17.2. The molecule has 0 saturated carbocycles. The van der Waals surface area contributed by atoms with Gasteiger partial charge in [0, 0.05) is 12.6 Å². The molecule has 9 heteroatoms. The minimum Gasteiger partial charge on any atom is -0.423 e. The van der Waals surface area contributed by atoms with Crippen LogP contribution in [-0.4, -0.2) is 38.5 Å². The first-order chi connectivity index (χ1) is 10.7. The molecule has 4 N–H and O–H groups in total. The van der Waals surface area contributed by atoms with E-state index in [9.17, 15) is 23.3 Å². The summed E-state index contributed by atoms with van der Waals surface area (Å²) in [7, 11) is -4.42. The third kappa shape index (κ3) is 3.53. The van der Waals surface area contributed by atoms with E-state index in [4.69, 9.17) is 5.73 Å². The topological polar surface area (TPSA) is 121 Å². The molecule has 120 valence electrons. The molecule has 0 atom stereocenters. The van der Waals surface area contributed by atoms with Crippen LogP contribution in [0.1, 0.15) is 10.4 Å². The van der Waals surface area contributed by atoms with Gasteiger partial charge in [0.05, 0.1) is 10.6 Å². The highest BCUT2D eigenvalue weighted by atomic mass is 32.2. The SMILES string of the molecule is CN(c1cc(B(O)O)cc(C(N)=O)c1)S(=O)(=O)c1ccccc1. The number of hydrogen-bond donors (Lipinski definition) is 3. The molecular weight excluding hydrogens is 319 g/mol. The summed E-state index contributed by atoms with van der Waals surface area (Å²) in [5, 5.41) is 18.6. The zero-order valence-electron chi connectivity index (χ0n) is 12.2. The van der Waals surface area contributed by atoms with Crippen molar-refractivity contribution in [2.24, 2.45) is 5.73 Å². The van der Waals surface area contributed by atoms with Crippen molar-refractivity contribution in [1.29, 1.82) is 0 Å². The van der Waals surface area contributed by atoms with E-state index in [1.807, 2.05) is 0 Å². The van der Waals surface area contributed by atoms with E-state index in [2.05, 4.69) is 0 Å². The number of anilines is 1. The van der Waals surface area contributed by atoms with Crippen molar-refractivity contribution < 1.29 is 23.3 Å². The van der Waals surface area contributed by atoms with Gasteiger partial charge in [0.2, 0.25) is 5.91 Å². The molecule has 0 aliphatic heterocycles. The normalized spacial score (nSPS) is 11.1. The van der Waals surface area contributed by atoms with Gasteiger partial charge in [0.15, 0.2) is 0 Å². The smallest absolute Gasteiger partial charge is 0.423 e. The molecule has 0 aromatic heterocycles. The summed E-state index contributed by atoms with van der Waals surface area (Å²) in [6, 6.07) is 11.5. The lowest BCUT2D eigenvalue weighted by molar-refractivity contribution is 0.100. The van der Waals surface area contributed by atoms with Crippen LogP contribution in [0.5, 0.6) is 0 Å². The van der Waals surface area contributed by atoms with Gasteiger partial charge in [-0.3, -0.25) is 9.10 Å². The van der Waals surface area contributed by atoms with Crippen LogP contribution in [0.25, 0.3) is 0 Å². The number of hydrogen-bond acceptors (Lipinski definition) is 5. The van der Waals surface area contributed by atoms with Gasteiger partial charge in [0.1, 0.15) is 0 Å². The first kappa shape index (κ1) is 17.0. The average Bonchev–Trinajstić information content (AvgIpc) is 2.54. The lowest BCUT2D eigenvalue weighted by atomic mass is 9.79. The Balaban J connectivity index is 2.54. The van der Waals surface area contributed by atoms with Gasteiger partial charge in [0.25, 0.3) is 10.0 Å². The van der Waals surface area contributed by atoms with E-state index in [0.29, 0.717) is 0 Å². The van der Waals surface area contributed by atoms with E-state index in [1.54, 1.807) is 18.2 Å². The first-order valence-electron chi connectivity index (χ1n) is 6.58. The quantitative estimate of drug-likeness (QED) is 0.624. The summed E-state index contributed by atoms with van der Waals surface area (Å²) in [5.41, 5.74) is 5.23. The fraction of sp³-hybridized carbons (Fsp3) is 0.0714. The second kappa shape index (κ2) is 6.41. The highest BCUT2D eigenvalue weighted by Crippen LogP contribution is 2.22. The molecule has 0 fully saturated rings. The number of benzene rings is 2. The van der Waals surface area contributed by atoms with Crippen LogP contribution in [0.15, 0.2) is 53.4 Å². The Morgan fingerprint density at radius 2 is 1.74 bits per heavy atom. The Bertz CT molecular complexity index is 824. The maximum Gasteiger partial charge on any atom is 0.488 e. The maximum atomic E-state index is 12.6. The standard InChI is InChI=1S/C14H15BN2O5S/c1-17(23(21,22)13-5-3-2-4-6-13)12-8-10(14(16)18)7-11(9-12)15(19)20/h2-9,19-20H,1H3,(H2,16,18). The lowest BCUT2D eigenvalue weighted by Crippen LogP contribution is -2.34. The van der Waals surface area contributed by atoms with E-state index in [-0.39, 0.29) is 21.6 Å². The van der Waals surface area contributed by atoms with Crippen molar-refractivity contribution in [2.45, 2.75) is 4.90 Å². The minimum atomic E-state index is -3.86. The predicted octanol–water partition coefficient (Wildman–Crippen LogP) is -0.710. The minimum absolute atomic E-state index is 0.0271.